The van der Waals surface area contributed by atoms with E-state index in [1.54, 1.807) is 7.17 Å². The molecule has 0 aliphatic carbocycles. The Kier molecular flexibility index (Phi) is 3.37. The van der Waals surface area contributed by atoms with Gasteiger partial charge in [0.05, 0.1) is 18.6 Å². The third-order valence-electron chi connectivity index (χ3n) is 2.41. The van der Waals surface area contributed by atoms with Crippen molar-refractivity contribution in [1.29, 1.82) is 0 Å². The van der Waals surface area contributed by atoms with Crippen molar-refractivity contribution in [2.45, 2.75) is 13.8 Å². The molecule has 0 amide bonds. The van der Waals surface area contributed by atoms with Gasteiger partial charge in [0, 0.05) is 19.1 Å². The molecule has 2 rings (SSSR count). The summed E-state index contributed by atoms with van der Waals surface area (Å²) in [6.07, 6.45) is 0. The SMILES string of the molecule is [B][B]c1cc(C)nc(-c2cc([B])cc(C)n2)c1. The molecule has 5 radical (unpaired) electrons. The van der Waals surface area contributed by atoms with E-state index in [9.17, 15) is 0 Å². The van der Waals surface area contributed by atoms with Gasteiger partial charge in [-0.1, -0.05) is 10.9 Å². The van der Waals surface area contributed by atoms with E-state index >= 15 is 0 Å². The third-order valence-corrected chi connectivity index (χ3v) is 2.41. The zero-order valence-electron chi connectivity index (χ0n) is 9.94. The van der Waals surface area contributed by atoms with E-state index in [1.807, 2.05) is 38.1 Å². The molecule has 0 aliphatic heterocycles. The van der Waals surface area contributed by atoms with Gasteiger partial charge in [-0.15, -0.1) is 0 Å². The summed E-state index contributed by atoms with van der Waals surface area (Å²) in [7, 11) is 12.9. The summed E-state index contributed by atoms with van der Waals surface area (Å²) in [5, 5.41) is 0. The van der Waals surface area contributed by atoms with Crippen molar-refractivity contribution in [2.75, 3.05) is 0 Å². The van der Waals surface area contributed by atoms with Crippen LogP contribution in [0.5, 0.6) is 0 Å². The van der Waals surface area contributed by atoms with Gasteiger partial charge in [0.1, 0.15) is 7.85 Å². The molecule has 0 N–H and O–H groups in total. The monoisotopic (exact) mass is 215 g/mol. The van der Waals surface area contributed by atoms with Crippen molar-refractivity contribution in [1.82, 2.24) is 9.97 Å². The lowest BCUT2D eigenvalue weighted by Gasteiger charge is -2.07. The van der Waals surface area contributed by atoms with Crippen molar-refractivity contribution < 1.29 is 0 Å². The van der Waals surface area contributed by atoms with Gasteiger partial charge in [-0.05, 0) is 38.1 Å². The number of pyridine rings is 2. The minimum atomic E-state index is 0.689. The number of nitrogens with zero attached hydrogens (tertiary/aromatic N) is 2. The molecule has 17 heavy (non-hydrogen) atoms. The van der Waals surface area contributed by atoms with Crippen LogP contribution in [0.15, 0.2) is 24.3 Å². The number of hydrogen-bond donors (Lipinski definition) is 0. The lowest BCUT2D eigenvalue weighted by molar-refractivity contribution is 1.16. The predicted octanol–water partition coefficient (Wildman–Crippen LogP) is -0.0328. The Labute approximate surface area is 105 Å². The van der Waals surface area contributed by atoms with E-state index in [-0.39, 0.29) is 0 Å². The minimum absolute atomic E-state index is 0.689. The molecule has 0 spiro atoms. The molecule has 0 atom stereocenters. The molecule has 0 bridgehead atoms. The molecule has 2 aromatic heterocycles. The first-order chi connectivity index (χ1) is 8.08. The van der Waals surface area contributed by atoms with Gasteiger partial charge >= 0.3 is 0 Å². The van der Waals surface area contributed by atoms with E-state index in [2.05, 4.69) is 9.97 Å². The molecule has 0 unspecified atom stereocenters. The summed E-state index contributed by atoms with van der Waals surface area (Å²) < 4.78 is 0. The smallest absolute Gasteiger partial charge is 0.114 e. The summed E-state index contributed by atoms with van der Waals surface area (Å²) in [6, 6.07) is 7.46. The lowest BCUT2D eigenvalue weighted by atomic mass is 9.51. The van der Waals surface area contributed by atoms with Crippen LogP contribution in [0.4, 0.5) is 0 Å². The Morgan fingerprint density at radius 1 is 0.941 bits per heavy atom. The second-order valence-corrected chi connectivity index (χ2v) is 4.02. The van der Waals surface area contributed by atoms with Crippen molar-refractivity contribution >= 4 is 33.7 Å². The van der Waals surface area contributed by atoms with E-state index in [0.29, 0.717) is 5.46 Å². The number of rotatable bonds is 2. The van der Waals surface area contributed by atoms with E-state index in [1.165, 1.54) is 0 Å². The Balaban J connectivity index is 2.55. The van der Waals surface area contributed by atoms with Gasteiger partial charge in [-0.2, -0.15) is 0 Å². The van der Waals surface area contributed by atoms with Crippen LogP contribution in [0.2, 0.25) is 0 Å². The first-order valence-electron chi connectivity index (χ1n) is 5.36. The average Bonchev–Trinajstić information content (AvgIpc) is 2.26. The van der Waals surface area contributed by atoms with Gasteiger partial charge < -0.3 is 0 Å². The van der Waals surface area contributed by atoms with E-state index in [4.69, 9.17) is 15.6 Å². The number of aromatic nitrogens is 2. The third kappa shape index (κ3) is 2.79. The predicted molar refractivity (Wildman–Crippen MR) is 73.5 cm³/mol. The van der Waals surface area contributed by atoms with Crippen molar-refractivity contribution in [3.8, 4) is 11.4 Å². The Hall–Kier alpha value is -1.51. The maximum atomic E-state index is 5.81. The number of aryl methyl sites for hydroxylation is 2. The van der Waals surface area contributed by atoms with Crippen molar-refractivity contribution in [2.24, 2.45) is 0 Å². The zero-order chi connectivity index (χ0) is 12.4. The quantitative estimate of drug-likeness (QED) is 0.657. The Morgan fingerprint density at radius 2 is 1.53 bits per heavy atom. The first kappa shape index (κ1) is 12.0. The average molecular weight is 215 g/mol. The molecular weight excluding hydrogens is 205 g/mol. The van der Waals surface area contributed by atoms with Gasteiger partial charge in [-0.25, -0.2) is 0 Å². The minimum Gasteiger partial charge on any atom is -0.252 e. The van der Waals surface area contributed by atoms with Crippen LogP contribution in [0.25, 0.3) is 11.4 Å². The molecule has 2 nitrogen and oxygen atoms in total. The van der Waals surface area contributed by atoms with Crippen LogP contribution in [-0.2, 0) is 0 Å². The topological polar surface area (TPSA) is 25.8 Å². The van der Waals surface area contributed by atoms with Crippen LogP contribution in [0.3, 0.4) is 0 Å². The van der Waals surface area contributed by atoms with Crippen LogP contribution >= 0.6 is 0 Å². The molecule has 0 aromatic carbocycles. The summed E-state index contributed by atoms with van der Waals surface area (Å²) in [6.45, 7) is 3.83. The fourth-order valence-electron chi connectivity index (χ4n) is 1.75. The summed E-state index contributed by atoms with van der Waals surface area (Å²) in [5.74, 6) is 0. The second kappa shape index (κ2) is 4.78. The Bertz CT molecular complexity index is 535. The highest BCUT2D eigenvalue weighted by Gasteiger charge is 2.05. The Morgan fingerprint density at radius 3 is 2.12 bits per heavy atom. The highest BCUT2D eigenvalue weighted by atomic mass is 14.8. The molecular formula is C12H10B3N2. The molecule has 2 heterocycles. The van der Waals surface area contributed by atoms with Gasteiger partial charge in [0.25, 0.3) is 0 Å². The molecule has 77 valence electrons. The lowest BCUT2D eigenvalue weighted by Crippen LogP contribution is -2.16. The molecule has 5 heteroatoms. The van der Waals surface area contributed by atoms with Crippen LogP contribution in [-0.4, -0.2) is 32.7 Å². The summed E-state index contributed by atoms with van der Waals surface area (Å²) in [5.41, 5.74) is 4.96. The van der Waals surface area contributed by atoms with E-state index in [0.717, 1.165) is 28.2 Å². The molecule has 0 saturated carbocycles. The molecule has 0 saturated heterocycles. The van der Waals surface area contributed by atoms with Crippen LogP contribution in [0.1, 0.15) is 11.4 Å². The molecule has 2 aromatic rings. The van der Waals surface area contributed by atoms with Crippen molar-refractivity contribution in [3.63, 3.8) is 0 Å². The first-order valence-corrected chi connectivity index (χ1v) is 5.36. The highest BCUT2D eigenvalue weighted by molar-refractivity contribution is 6.97. The fourth-order valence-corrected chi connectivity index (χ4v) is 1.75. The number of hydrogen-bond acceptors (Lipinski definition) is 2. The van der Waals surface area contributed by atoms with Crippen LogP contribution in [0, 0.1) is 13.8 Å². The summed E-state index contributed by atoms with van der Waals surface area (Å²) >= 11 is 0. The highest BCUT2D eigenvalue weighted by Crippen LogP contribution is 2.12. The van der Waals surface area contributed by atoms with Gasteiger partial charge in [0.15, 0.2) is 0 Å². The van der Waals surface area contributed by atoms with E-state index < -0.39 is 0 Å². The summed E-state index contributed by atoms with van der Waals surface area (Å²) in [4.78, 5) is 8.86. The fraction of sp³-hybridized carbons (Fsp3) is 0.167. The van der Waals surface area contributed by atoms with Crippen molar-refractivity contribution in [3.05, 3.63) is 35.7 Å². The maximum absolute atomic E-state index is 5.81. The standard InChI is InChI=1S/C12H10B3N2/c1-7-3-9(13)5-11(16-7)12-6-10(15-14)4-8(2)17-12/h3-6H,1-2H3. The van der Waals surface area contributed by atoms with Gasteiger partial charge in [-0.3, -0.25) is 9.97 Å². The van der Waals surface area contributed by atoms with Gasteiger partial charge in [0.2, 0.25) is 0 Å². The molecule has 0 aliphatic rings. The normalized spacial score (nSPS) is 10.2. The van der Waals surface area contributed by atoms with Crippen LogP contribution < -0.4 is 10.9 Å². The second-order valence-electron chi connectivity index (χ2n) is 4.02. The zero-order valence-corrected chi connectivity index (χ0v) is 9.94. The molecule has 0 fully saturated rings. The largest absolute Gasteiger partial charge is 0.252 e. The maximum Gasteiger partial charge on any atom is 0.114 e.